The highest BCUT2D eigenvalue weighted by molar-refractivity contribution is 7.88. The molecule has 0 aliphatic carbocycles. The van der Waals surface area contributed by atoms with E-state index in [0.29, 0.717) is 31.1 Å². The summed E-state index contributed by atoms with van der Waals surface area (Å²) in [7, 11) is -3.36. The summed E-state index contributed by atoms with van der Waals surface area (Å²) in [5.74, 6) is 1.02. The summed E-state index contributed by atoms with van der Waals surface area (Å²) in [5, 5.41) is 3.95. The van der Waals surface area contributed by atoms with Crippen LogP contribution in [0.15, 0.2) is 59.1 Å². The number of sulfonamides is 1. The lowest BCUT2D eigenvalue weighted by Gasteiger charge is -2.06. The quantitative estimate of drug-likeness (QED) is 0.615. The van der Waals surface area contributed by atoms with E-state index < -0.39 is 10.0 Å². The maximum Gasteiger partial charge on any atom is 0.227 e. The monoisotopic (exact) mass is 371 g/mol. The van der Waals surface area contributed by atoms with Crippen LogP contribution in [0.1, 0.15) is 23.4 Å². The van der Waals surface area contributed by atoms with E-state index in [1.54, 1.807) is 0 Å². The molecule has 3 aromatic rings. The van der Waals surface area contributed by atoms with Crippen LogP contribution in [0.5, 0.6) is 0 Å². The van der Waals surface area contributed by atoms with E-state index in [1.165, 1.54) is 0 Å². The molecular formula is C19H21N3O3S. The summed E-state index contributed by atoms with van der Waals surface area (Å²) < 4.78 is 32.1. The largest absolute Gasteiger partial charge is 0.339 e. The van der Waals surface area contributed by atoms with Crippen LogP contribution >= 0.6 is 0 Å². The highest BCUT2D eigenvalue weighted by atomic mass is 32.2. The SMILES string of the molecule is Cc1cccc(CS(=O)(=O)NCCCc2nc(-c3ccccc3)no2)c1. The van der Waals surface area contributed by atoms with Crippen LogP contribution < -0.4 is 4.72 Å². The van der Waals surface area contributed by atoms with Gasteiger partial charge in [0.05, 0.1) is 5.75 Å². The van der Waals surface area contributed by atoms with Crippen molar-refractivity contribution in [3.63, 3.8) is 0 Å². The second-order valence-electron chi connectivity index (χ2n) is 6.12. The maximum atomic E-state index is 12.1. The summed E-state index contributed by atoms with van der Waals surface area (Å²) in [6.07, 6.45) is 1.11. The van der Waals surface area contributed by atoms with Crippen LogP contribution in [0, 0.1) is 6.92 Å². The lowest BCUT2D eigenvalue weighted by molar-refractivity contribution is 0.376. The summed E-state index contributed by atoms with van der Waals surface area (Å²) in [6, 6.07) is 17.1. The van der Waals surface area contributed by atoms with Crippen LogP contribution in [0.4, 0.5) is 0 Å². The van der Waals surface area contributed by atoms with E-state index in [0.717, 1.165) is 16.7 Å². The van der Waals surface area contributed by atoms with Gasteiger partial charge in [0.1, 0.15) is 0 Å². The molecule has 1 N–H and O–H groups in total. The van der Waals surface area contributed by atoms with Crippen molar-refractivity contribution < 1.29 is 12.9 Å². The van der Waals surface area contributed by atoms with Gasteiger partial charge in [-0.25, -0.2) is 13.1 Å². The summed E-state index contributed by atoms with van der Waals surface area (Å²) in [4.78, 5) is 4.34. The summed E-state index contributed by atoms with van der Waals surface area (Å²) >= 11 is 0. The van der Waals surface area contributed by atoms with Crippen LogP contribution in [-0.2, 0) is 22.2 Å². The van der Waals surface area contributed by atoms with Gasteiger partial charge in [-0.1, -0.05) is 65.3 Å². The topological polar surface area (TPSA) is 85.1 Å². The Hall–Kier alpha value is -2.51. The Balaban J connectivity index is 1.47. The van der Waals surface area contributed by atoms with E-state index in [2.05, 4.69) is 14.9 Å². The highest BCUT2D eigenvalue weighted by Crippen LogP contribution is 2.15. The first-order valence-electron chi connectivity index (χ1n) is 8.43. The molecule has 0 spiro atoms. The second kappa shape index (κ2) is 8.25. The van der Waals surface area contributed by atoms with Gasteiger partial charge in [0.25, 0.3) is 0 Å². The third-order valence-electron chi connectivity index (χ3n) is 3.83. The fourth-order valence-electron chi connectivity index (χ4n) is 2.60. The maximum absolute atomic E-state index is 12.1. The minimum atomic E-state index is -3.36. The van der Waals surface area contributed by atoms with Crippen molar-refractivity contribution in [3.8, 4) is 11.4 Å². The Morgan fingerprint density at radius 1 is 1.08 bits per heavy atom. The van der Waals surface area contributed by atoms with E-state index in [4.69, 9.17) is 4.52 Å². The molecule has 0 atom stereocenters. The van der Waals surface area contributed by atoms with E-state index in [-0.39, 0.29) is 5.75 Å². The molecule has 0 radical (unpaired) electrons. The Morgan fingerprint density at radius 3 is 2.65 bits per heavy atom. The minimum absolute atomic E-state index is 0.0204. The summed E-state index contributed by atoms with van der Waals surface area (Å²) in [5.41, 5.74) is 2.71. The molecule has 26 heavy (non-hydrogen) atoms. The van der Waals surface area contributed by atoms with Crippen molar-refractivity contribution in [2.75, 3.05) is 6.54 Å². The van der Waals surface area contributed by atoms with Gasteiger partial charge in [-0.3, -0.25) is 0 Å². The molecule has 2 aromatic carbocycles. The number of benzene rings is 2. The standard InChI is InChI=1S/C19H21N3O3S/c1-15-7-5-8-16(13-15)14-26(23,24)20-12-6-11-18-21-19(22-25-18)17-9-3-2-4-10-17/h2-5,7-10,13,20H,6,11-12,14H2,1H3. The molecule has 0 saturated carbocycles. The zero-order valence-corrected chi connectivity index (χ0v) is 15.4. The molecule has 0 aliphatic rings. The zero-order chi connectivity index (χ0) is 18.4. The number of hydrogen-bond donors (Lipinski definition) is 1. The van der Waals surface area contributed by atoms with Crippen molar-refractivity contribution in [1.29, 1.82) is 0 Å². The van der Waals surface area contributed by atoms with Crippen molar-refractivity contribution in [3.05, 3.63) is 71.6 Å². The predicted octanol–water partition coefficient (Wildman–Crippen LogP) is 3.10. The summed E-state index contributed by atoms with van der Waals surface area (Å²) in [6.45, 7) is 2.27. The number of aryl methyl sites for hydroxylation is 2. The van der Waals surface area contributed by atoms with E-state index in [1.807, 2.05) is 61.5 Å². The molecule has 0 bridgehead atoms. The Labute approximate surface area is 153 Å². The molecule has 0 unspecified atom stereocenters. The average Bonchev–Trinajstić information content (AvgIpc) is 3.08. The zero-order valence-electron chi connectivity index (χ0n) is 14.6. The third kappa shape index (κ3) is 5.24. The first-order valence-corrected chi connectivity index (χ1v) is 10.1. The molecule has 136 valence electrons. The molecule has 1 aromatic heterocycles. The van der Waals surface area contributed by atoms with Crippen molar-refractivity contribution in [1.82, 2.24) is 14.9 Å². The van der Waals surface area contributed by atoms with Gasteiger partial charge in [-0.05, 0) is 18.9 Å². The van der Waals surface area contributed by atoms with E-state index in [9.17, 15) is 8.42 Å². The number of hydrogen-bond acceptors (Lipinski definition) is 5. The number of nitrogens with one attached hydrogen (secondary N) is 1. The molecule has 0 fully saturated rings. The Morgan fingerprint density at radius 2 is 1.88 bits per heavy atom. The van der Waals surface area contributed by atoms with Gasteiger partial charge < -0.3 is 4.52 Å². The number of rotatable bonds is 8. The number of aromatic nitrogens is 2. The molecule has 0 aliphatic heterocycles. The minimum Gasteiger partial charge on any atom is -0.339 e. The average molecular weight is 371 g/mol. The first kappa shape index (κ1) is 18.3. The van der Waals surface area contributed by atoms with Crippen LogP contribution in [-0.4, -0.2) is 25.1 Å². The molecule has 7 heteroatoms. The van der Waals surface area contributed by atoms with Gasteiger partial charge in [0.2, 0.25) is 21.7 Å². The lowest BCUT2D eigenvalue weighted by atomic mass is 10.2. The Bertz CT molecular complexity index is 953. The van der Waals surface area contributed by atoms with Gasteiger partial charge >= 0.3 is 0 Å². The smallest absolute Gasteiger partial charge is 0.227 e. The van der Waals surface area contributed by atoms with E-state index >= 15 is 0 Å². The van der Waals surface area contributed by atoms with Gasteiger partial charge in [-0.15, -0.1) is 0 Å². The molecule has 1 heterocycles. The van der Waals surface area contributed by atoms with Crippen LogP contribution in [0.2, 0.25) is 0 Å². The molecule has 3 rings (SSSR count). The van der Waals surface area contributed by atoms with Gasteiger partial charge in [0, 0.05) is 18.5 Å². The first-order chi connectivity index (χ1) is 12.5. The third-order valence-corrected chi connectivity index (χ3v) is 5.19. The van der Waals surface area contributed by atoms with Gasteiger partial charge in [-0.2, -0.15) is 4.98 Å². The highest BCUT2D eigenvalue weighted by Gasteiger charge is 2.12. The van der Waals surface area contributed by atoms with Crippen molar-refractivity contribution in [2.24, 2.45) is 0 Å². The molecular weight excluding hydrogens is 350 g/mol. The predicted molar refractivity (Wildman–Crippen MR) is 99.9 cm³/mol. The van der Waals surface area contributed by atoms with Crippen LogP contribution in [0.3, 0.4) is 0 Å². The fourth-order valence-corrected chi connectivity index (χ4v) is 3.78. The van der Waals surface area contributed by atoms with Crippen LogP contribution in [0.25, 0.3) is 11.4 Å². The Kier molecular flexibility index (Phi) is 5.80. The van der Waals surface area contributed by atoms with Gasteiger partial charge in [0.15, 0.2) is 0 Å². The fraction of sp³-hybridized carbons (Fsp3) is 0.263. The molecule has 6 nitrogen and oxygen atoms in total. The van der Waals surface area contributed by atoms with Crippen molar-refractivity contribution >= 4 is 10.0 Å². The second-order valence-corrected chi connectivity index (χ2v) is 7.93. The number of nitrogens with zero attached hydrogens (tertiary/aromatic N) is 2. The van der Waals surface area contributed by atoms with Crippen molar-refractivity contribution in [2.45, 2.75) is 25.5 Å². The molecule has 0 saturated heterocycles. The normalized spacial score (nSPS) is 11.6. The lowest BCUT2D eigenvalue weighted by Crippen LogP contribution is -2.26. The molecule has 0 amide bonds.